The van der Waals surface area contributed by atoms with E-state index in [-0.39, 0.29) is 41.7 Å². The van der Waals surface area contributed by atoms with Gasteiger partial charge in [0.15, 0.2) is 5.82 Å². The van der Waals surface area contributed by atoms with Crippen LogP contribution < -0.4 is 5.32 Å². The third-order valence-corrected chi connectivity index (χ3v) is 4.80. The number of esters is 2. The molecule has 0 unspecified atom stereocenters. The fourth-order valence-corrected chi connectivity index (χ4v) is 3.35. The Bertz CT molecular complexity index is 862. The van der Waals surface area contributed by atoms with Crippen molar-refractivity contribution in [2.24, 2.45) is 7.05 Å². The Morgan fingerprint density at radius 1 is 1.18 bits per heavy atom. The molecule has 0 saturated heterocycles. The largest absolute Gasteiger partial charge is 0.462 e. The molecule has 0 aliphatic rings. The van der Waals surface area contributed by atoms with Gasteiger partial charge in [-0.15, -0.1) is 16.4 Å². The van der Waals surface area contributed by atoms with Gasteiger partial charge in [-0.05, 0) is 29.8 Å². The van der Waals surface area contributed by atoms with Gasteiger partial charge in [-0.25, -0.2) is 14.3 Å². The summed E-state index contributed by atoms with van der Waals surface area (Å²) in [5.41, 5.74) is 0.497. The van der Waals surface area contributed by atoms with Gasteiger partial charge in [0.1, 0.15) is 16.5 Å². The molecule has 0 aliphatic heterocycles. The minimum atomic E-state index is -0.636. The van der Waals surface area contributed by atoms with Crippen molar-refractivity contribution in [2.75, 3.05) is 32.2 Å². The molecule has 0 aromatic carbocycles. The van der Waals surface area contributed by atoms with E-state index in [2.05, 4.69) is 20.8 Å². The van der Waals surface area contributed by atoms with Crippen LogP contribution in [0.15, 0.2) is 0 Å². The molecule has 2 aromatic heterocycles. The first-order chi connectivity index (χ1) is 13.4. The lowest BCUT2D eigenvalue weighted by Gasteiger charge is -2.06. The van der Waals surface area contributed by atoms with Gasteiger partial charge in [0.2, 0.25) is 5.91 Å². The molecular weight excluding hydrogens is 390 g/mol. The minimum Gasteiger partial charge on any atom is -0.462 e. The van der Waals surface area contributed by atoms with E-state index in [0.717, 1.165) is 11.3 Å². The lowest BCUT2D eigenvalue weighted by atomic mass is 10.1. The van der Waals surface area contributed by atoms with Gasteiger partial charge in [0.05, 0.1) is 25.2 Å². The fraction of sp³-hybridized carbons (Fsp3) is 0.500. The number of carbonyl (C=O) groups is 3. The summed E-state index contributed by atoms with van der Waals surface area (Å²) in [7, 11) is 3.10. The Morgan fingerprint density at radius 2 is 1.93 bits per heavy atom. The van der Waals surface area contributed by atoms with Crippen molar-refractivity contribution >= 4 is 34.2 Å². The maximum absolute atomic E-state index is 12.4. The van der Waals surface area contributed by atoms with E-state index < -0.39 is 17.8 Å². The van der Waals surface area contributed by atoms with Crippen LogP contribution in [-0.2, 0) is 32.5 Å². The SMILES string of the molecule is CCOC(=O)c1c(NC(=O)Cc2nnnn2C)sc(C(=O)OCCOC)c1C. The number of aromatic nitrogens is 4. The van der Waals surface area contributed by atoms with Crippen LogP contribution in [-0.4, -0.2) is 65.0 Å². The molecular formula is C16H21N5O6S. The molecule has 0 spiro atoms. The smallest absolute Gasteiger partial charge is 0.348 e. The minimum absolute atomic E-state index is 0.0717. The molecule has 11 nitrogen and oxygen atoms in total. The Morgan fingerprint density at radius 3 is 2.54 bits per heavy atom. The predicted molar refractivity (Wildman–Crippen MR) is 98.3 cm³/mol. The Labute approximate surface area is 165 Å². The fourth-order valence-electron chi connectivity index (χ4n) is 2.24. The van der Waals surface area contributed by atoms with E-state index in [0.29, 0.717) is 11.4 Å². The molecule has 28 heavy (non-hydrogen) atoms. The molecule has 0 radical (unpaired) electrons. The second-order valence-electron chi connectivity index (χ2n) is 5.55. The number of hydrogen-bond donors (Lipinski definition) is 1. The lowest BCUT2D eigenvalue weighted by molar-refractivity contribution is -0.115. The van der Waals surface area contributed by atoms with Gasteiger partial charge >= 0.3 is 11.9 Å². The van der Waals surface area contributed by atoms with Crippen molar-refractivity contribution < 1.29 is 28.6 Å². The zero-order valence-corrected chi connectivity index (χ0v) is 16.8. The van der Waals surface area contributed by atoms with E-state index in [4.69, 9.17) is 14.2 Å². The molecule has 0 saturated carbocycles. The molecule has 1 N–H and O–H groups in total. The van der Waals surface area contributed by atoms with Crippen LogP contribution in [0.5, 0.6) is 0 Å². The van der Waals surface area contributed by atoms with Gasteiger partial charge in [-0.2, -0.15) is 0 Å². The number of thiophene rings is 1. The number of aryl methyl sites for hydroxylation is 1. The third kappa shape index (κ3) is 5.10. The Kier molecular flexibility index (Phi) is 7.58. The number of hydrogen-bond acceptors (Lipinski definition) is 10. The Balaban J connectivity index is 2.26. The topological polar surface area (TPSA) is 135 Å². The molecule has 0 bridgehead atoms. The molecule has 0 fully saturated rings. The normalized spacial score (nSPS) is 10.6. The van der Waals surface area contributed by atoms with Gasteiger partial charge in [-0.1, -0.05) is 0 Å². The second kappa shape index (κ2) is 9.90. The number of nitrogens with zero attached hydrogens (tertiary/aromatic N) is 4. The van der Waals surface area contributed by atoms with Crippen molar-refractivity contribution in [3.63, 3.8) is 0 Å². The van der Waals surface area contributed by atoms with Gasteiger partial charge in [0, 0.05) is 14.2 Å². The van der Waals surface area contributed by atoms with Crippen LogP contribution in [0.3, 0.4) is 0 Å². The first-order valence-corrected chi connectivity index (χ1v) is 9.18. The summed E-state index contributed by atoms with van der Waals surface area (Å²) >= 11 is 0.945. The molecule has 2 aromatic rings. The number of rotatable bonds is 9. The predicted octanol–water partition coefficient (Wildman–Crippen LogP) is 0.741. The van der Waals surface area contributed by atoms with E-state index in [1.54, 1.807) is 20.9 Å². The summed E-state index contributed by atoms with van der Waals surface area (Å²) in [6.07, 6.45) is -0.101. The van der Waals surface area contributed by atoms with E-state index >= 15 is 0 Å². The molecule has 1 amide bonds. The first kappa shape index (κ1) is 21.4. The lowest BCUT2D eigenvalue weighted by Crippen LogP contribution is -2.18. The zero-order valence-electron chi connectivity index (χ0n) is 16.0. The van der Waals surface area contributed by atoms with Crippen molar-refractivity contribution in [2.45, 2.75) is 20.3 Å². The highest BCUT2D eigenvalue weighted by atomic mass is 32.1. The number of tetrazole rings is 1. The highest BCUT2D eigenvalue weighted by Gasteiger charge is 2.27. The summed E-state index contributed by atoms with van der Waals surface area (Å²) in [6, 6.07) is 0. The van der Waals surface area contributed by atoms with E-state index in [9.17, 15) is 14.4 Å². The van der Waals surface area contributed by atoms with Crippen LogP contribution in [0, 0.1) is 6.92 Å². The molecule has 0 aliphatic carbocycles. The van der Waals surface area contributed by atoms with Gasteiger partial charge < -0.3 is 19.5 Å². The third-order valence-electron chi connectivity index (χ3n) is 3.61. The second-order valence-corrected chi connectivity index (χ2v) is 6.57. The summed E-state index contributed by atoms with van der Waals surface area (Å²) in [4.78, 5) is 37.2. The standard InChI is InChI=1S/C16H21N5O6S/c1-5-26-15(23)12-9(2)13(16(24)27-7-6-25-4)28-14(12)17-11(22)8-10-18-19-20-21(10)3/h5-8H2,1-4H3,(H,17,22). The first-order valence-electron chi connectivity index (χ1n) is 8.36. The summed E-state index contributed by atoms with van der Waals surface area (Å²) in [5, 5.41) is 13.7. The number of anilines is 1. The van der Waals surface area contributed by atoms with Gasteiger partial charge in [0.25, 0.3) is 0 Å². The summed E-state index contributed by atoms with van der Waals surface area (Å²) in [6.45, 7) is 3.73. The van der Waals surface area contributed by atoms with E-state index in [1.165, 1.54) is 11.8 Å². The number of carbonyl (C=O) groups excluding carboxylic acids is 3. The molecule has 12 heteroatoms. The van der Waals surface area contributed by atoms with Crippen LogP contribution in [0.25, 0.3) is 0 Å². The van der Waals surface area contributed by atoms with Crippen molar-refractivity contribution in [1.82, 2.24) is 20.2 Å². The van der Waals surface area contributed by atoms with Crippen molar-refractivity contribution in [1.29, 1.82) is 0 Å². The molecule has 2 rings (SSSR count). The zero-order chi connectivity index (χ0) is 20.7. The summed E-state index contributed by atoms with van der Waals surface area (Å²) in [5.74, 6) is -1.34. The number of nitrogens with one attached hydrogen (secondary N) is 1. The highest BCUT2D eigenvalue weighted by molar-refractivity contribution is 7.18. The summed E-state index contributed by atoms with van der Waals surface area (Å²) < 4.78 is 16.4. The highest BCUT2D eigenvalue weighted by Crippen LogP contribution is 2.34. The maximum atomic E-state index is 12.4. The quantitative estimate of drug-likeness (QED) is 0.468. The van der Waals surface area contributed by atoms with Crippen molar-refractivity contribution in [3.8, 4) is 0 Å². The monoisotopic (exact) mass is 411 g/mol. The van der Waals surface area contributed by atoms with Crippen LogP contribution in [0.4, 0.5) is 5.00 Å². The number of amides is 1. The van der Waals surface area contributed by atoms with Gasteiger partial charge in [-0.3, -0.25) is 4.79 Å². The number of ether oxygens (including phenoxy) is 3. The molecule has 0 atom stereocenters. The average Bonchev–Trinajstić information content (AvgIpc) is 3.18. The van der Waals surface area contributed by atoms with Crippen LogP contribution in [0.2, 0.25) is 0 Å². The van der Waals surface area contributed by atoms with Crippen molar-refractivity contribution in [3.05, 3.63) is 21.8 Å². The maximum Gasteiger partial charge on any atom is 0.348 e. The average molecular weight is 411 g/mol. The Hall–Kier alpha value is -2.86. The van der Waals surface area contributed by atoms with Crippen LogP contribution in [0.1, 0.15) is 38.3 Å². The number of methoxy groups -OCH3 is 1. The molecule has 152 valence electrons. The van der Waals surface area contributed by atoms with E-state index in [1.807, 2.05) is 0 Å². The molecule has 2 heterocycles. The van der Waals surface area contributed by atoms with Crippen LogP contribution >= 0.6 is 11.3 Å².